The van der Waals surface area contributed by atoms with Gasteiger partial charge in [0.25, 0.3) is 0 Å². The van der Waals surface area contributed by atoms with Gasteiger partial charge in [-0.1, -0.05) is 50.1 Å². The van der Waals surface area contributed by atoms with Gasteiger partial charge in [0.1, 0.15) is 16.9 Å². The van der Waals surface area contributed by atoms with Gasteiger partial charge in [-0.2, -0.15) is 0 Å². The van der Waals surface area contributed by atoms with Crippen molar-refractivity contribution in [3.8, 4) is 11.5 Å². The van der Waals surface area contributed by atoms with E-state index in [2.05, 4.69) is 18.0 Å². The van der Waals surface area contributed by atoms with E-state index in [1.165, 1.54) is 45.1 Å². The third kappa shape index (κ3) is 6.34. The number of hydrogen-bond donors (Lipinski definition) is 0. The Bertz CT molecular complexity index is 976. The molecule has 1 heterocycles. The Balaban J connectivity index is 1.37. The number of thioether (sulfide) groups is 1. The number of carbonyl (C=O) groups is 1. The number of hydrogen-bond acceptors (Lipinski definition) is 5. The standard InChI is InChI=1S/C29H40N2O3S/c1-4-28(32)31-25-15-9-10-16-27(25)35-29(31)24-21-23(33-3)17-18-26(24)34-20-12-6-11-19-30(2)22-13-7-5-8-14-22/h9-10,15-18,21-22,29H,4-8,11-14,19-20H2,1-3H3. The van der Waals surface area contributed by atoms with Crippen LogP contribution in [0.25, 0.3) is 0 Å². The molecule has 5 nitrogen and oxygen atoms in total. The second-order valence-electron chi connectivity index (χ2n) is 9.64. The van der Waals surface area contributed by atoms with Gasteiger partial charge < -0.3 is 14.4 Å². The highest BCUT2D eigenvalue weighted by atomic mass is 32.2. The maximum Gasteiger partial charge on any atom is 0.227 e. The number of unbranched alkanes of at least 4 members (excludes halogenated alkanes) is 2. The molecule has 0 radical (unpaired) electrons. The Morgan fingerprint density at radius 1 is 1.09 bits per heavy atom. The molecular weight excluding hydrogens is 456 g/mol. The molecule has 1 fully saturated rings. The zero-order chi connectivity index (χ0) is 24.6. The third-order valence-corrected chi connectivity index (χ3v) is 8.55. The molecular formula is C29H40N2O3S. The van der Waals surface area contributed by atoms with Crippen molar-refractivity contribution in [1.82, 2.24) is 4.90 Å². The highest BCUT2D eigenvalue weighted by Crippen LogP contribution is 2.53. The van der Waals surface area contributed by atoms with Crippen molar-refractivity contribution in [2.75, 3.05) is 32.2 Å². The first-order valence-electron chi connectivity index (χ1n) is 13.2. The maximum atomic E-state index is 13.0. The Kier molecular flexibility index (Phi) is 9.38. The normalized spacial score (nSPS) is 18.1. The summed E-state index contributed by atoms with van der Waals surface area (Å²) >= 11 is 1.70. The molecule has 2 aromatic rings. The van der Waals surface area contributed by atoms with Crippen LogP contribution in [0.2, 0.25) is 0 Å². The number of carbonyl (C=O) groups excluding carboxylic acids is 1. The number of para-hydroxylation sites is 1. The smallest absolute Gasteiger partial charge is 0.227 e. The van der Waals surface area contributed by atoms with E-state index in [0.717, 1.165) is 46.5 Å². The summed E-state index contributed by atoms with van der Waals surface area (Å²) in [5, 5.41) is -0.158. The predicted molar refractivity (Wildman–Crippen MR) is 145 cm³/mol. The molecule has 1 atom stereocenters. The summed E-state index contributed by atoms with van der Waals surface area (Å²) in [6.45, 7) is 3.77. The van der Waals surface area contributed by atoms with E-state index in [-0.39, 0.29) is 11.3 Å². The van der Waals surface area contributed by atoms with Crippen LogP contribution in [-0.2, 0) is 4.79 Å². The minimum atomic E-state index is -0.158. The van der Waals surface area contributed by atoms with Gasteiger partial charge in [0.2, 0.25) is 5.91 Å². The van der Waals surface area contributed by atoms with Crippen LogP contribution in [0.3, 0.4) is 0 Å². The summed E-state index contributed by atoms with van der Waals surface area (Å²) in [7, 11) is 3.96. The summed E-state index contributed by atoms with van der Waals surface area (Å²) in [5.74, 6) is 1.73. The van der Waals surface area contributed by atoms with Crippen molar-refractivity contribution in [3.63, 3.8) is 0 Å². The van der Waals surface area contributed by atoms with Gasteiger partial charge in [-0.05, 0) is 76.0 Å². The number of benzene rings is 2. The van der Waals surface area contributed by atoms with Crippen LogP contribution in [-0.4, -0.2) is 44.2 Å². The van der Waals surface area contributed by atoms with Crippen LogP contribution in [0.15, 0.2) is 47.4 Å². The number of ether oxygens (including phenoxy) is 2. The monoisotopic (exact) mass is 496 g/mol. The molecule has 0 N–H and O–H groups in total. The van der Waals surface area contributed by atoms with Gasteiger partial charge in [0.15, 0.2) is 0 Å². The molecule has 4 rings (SSSR count). The number of amides is 1. The number of fused-ring (bicyclic) bond motifs is 1. The molecule has 2 aliphatic rings. The number of nitrogens with zero attached hydrogens (tertiary/aromatic N) is 2. The maximum absolute atomic E-state index is 13.0. The van der Waals surface area contributed by atoms with Crippen molar-refractivity contribution in [1.29, 1.82) is 0 Å². The Hall–Kier alpha value is -2.18. The molecule has 0 saturated heterocycles. The lowest BCUT2D eigenvalue weighted by atomic mass is 9.94. The van der Waals surface area contributed by atoms with Crippen LogP contribution in [0, 0.1) is 0 Å². The van der Waals surface area contributed by atoms with Crippen molar-refractivity contribution in [2.24, 2.45) is 0 Å². The molecule has 190 valence electrons. The summed E-state index contributed by atoms with van der Waals surface area (Å²) in [5.41, 5.74) is 1.97. The minimum absolute atomic E-state index is 0.114. The second-order valence-corrected chi connectivity index (χ2v) is 10.8. The quantitative estimate of drug-likeness (QED) is 0.312. The van der Waals surface area contributed by atoms with Gasteiger partial charge in [0, 0.05) is 22.9 Å². The van der Waals surface area contributed by atoms with Crippen molar-refractivity contribution in [3.05, 3.63) is 48.0 Å². The van der Waals surface area contributed by atoms with Crippen LogP contribution in [0.5, 0.6) is 11.5 Å². The third-order valence-electron chi connectivity index (χ3n) is 7.26. The number of methoxy groups -OCH3 is 1. The van der Waals surface area contributed by atoms with Gasteiger partial charge >= 0.3 is 0 Å². The molecule has 35 heavy (non-hydrogen) atoms. The summed E-state index contributed by atoms with van der Waals surface area (Å²) in [6.07, 6.45) is 10.8. The fourth-order valence-electron chi connectivity index (χ4n) is 5.20. The number of rotatable bonds is 11. The van der Waals surface area contributed by atoms with E-state index in [0.29, 0.717) is 13.0 Å². The largest absolute Gasteiger partial charge is 0.497 e. The van der Waals surface area contributed by atoms with Crippen LogP contribution in [0.1, 0.15) is 75.6 Å². The van der Waals surface area contributed by atoms with E-state index < -0.39 is 0 Å². The minimum Gasteiger partial charge on any atom is -0.497 e. The molecule has 1 saturated carbocycles. The molecule has 0 aromatic heterocycles. The van der Waals surface area contributed by atoms with Crippen molar-refractivity contribution >= 4 is 23.4 Å². The van der Waals surface area contributed by atoms with E-state index in [4.69, 9.17) is 9.47 Å². The molecule has 0 spiro atoms. The summed E-state index contributed by atoms with van der Waals surface area (Å²) in [6, 6.07) is 14.9. The lowest BCUT2D eigenvalue weighted by Gasteiger charge is -2.31. The zero-order valence-corrected chi connectivity index (χ0v) is 22.3. The van der Waals surface area contributed by atoms with Crippen LogP contribution in [0.4, 0.5) is 5.69 Å². The predicted octanol–water partition coefficient (Wildman–Crippen LogP) is 7.06. The Morgan fingerprint density at radius 2 is 1.89 bits per heavy atom. The molecule has 0 bridgehead atoms. The molecule has 1 unspecified atom stereocenters. The second kappa shape index (κ2) is 12.7. The van der Waals surface area contributed by atoms with E-state index in [1.54, 1.807) is 18.9 Å². The fourth-order valence-corrected chi connectivity index (χ4v) is 6.53. The lowest BCUT2D eigenvalue weighted by Crippen LogP contribution is -2.34. The van der Waals surface area contributed by atoms with Crippen LogP contribution < -0.4 is 14.4 Å². The van der Waals surface area contributed by atoms with Crippen LogP contribution >= 0.6 is 11.8 Å². The van der Waals surface area contributed by atoms with E-state index >= 15 is 0 Å². The van der Waals surface area contributed by atoms with Gasteiger partial charge in [-0.15, -0.1) is 0 Å². The highest BCUT2D eigenvalue weighted by molar-refractivity contribution is 8.00. The fraction of sp³-hybridized carbons (Fsp3) is 0.552. The molecule has 1 aliphatic carbocycles. The molecule has 2 aromatic carbocycles. The Morgan fingerprint density at radius 3 is 2.66 bits per heavy atom. The summed E-state index contributed by atoms with van der Waals surface area (Å²) < 4.78 is 11.8. The van der Waals surface area contributed by atoms with Gasteiger partial charge in [-0.3, -0.25) is 9.69 Å². The van der Waals surface area contributed by atoms with E-state index in [9.17, 15) is 4.79 Å². The molecule has 1 aliphatic heterocycles. The topological polar surface area (TPSA) is 42.0 Å². The Labute approximate surface area is 215 Å². The summed E-state index contributed by atoms with van der Waals surface area (Å²) in [4.78, 5) is 18.6. The average Bonchev–Trinajstić information content (AvgIpc) is 3.30. The average molecular weight is 497 g/mol. The van der Waals surface area contributed by atoms with E-state index in [1.807, 2.05) is 48.2 Å². The van der Waals surface area contributed by atoms with Gasteiger partial charge in [0.05, 0.1) is 19.4 Å². The zero-order valence-electron chi connectivity index (χ0n) is 21.5. The SMILES string of the molecule is CCC(=O)N1c2ccccc2SC1c1cc(OC)ccc1OCCCCCN(C)C1CCCCC1. The first kappa shape index (κ1) is 25.9. The molecule has 6 heteroatoms. The highest BCUT2D eigenvalue weighted by Gasteiger charge is 2.36. The van der Waals surface area contributed by atoms with Crippen molar-refractivity contribution < 1.29 is 14.3 Å². The number of anilines is 1. The van der Waals surface area contributed by atoms with Gasteiger partial charge in [-0.25, -0.2) is 0 Å². The first-order valence-corrected chi connectivity index (χ1v) is 14.1. The molecule has 1 amide bonds. The first-order chi connectivity index (χ1) is 17.1. The van der Waals surface area contributed by atoms with Crippen molar-refractivity contribution in [2.45, 2.75) is 81.0 Å². The lowest BCUT2D eigenvalue weighted by molar-refractivity contribution is -0.118.